The quantitative estimate of drug-likeness (QED) is 0.158. The monoisotopic (exact) mass is 921 g/mol. The van der Waals surface area contributed by atoms with Crippen LogP contribution in [0.4, 0.5) is 0 Å². The predicted molar refractivity (Wildman–Crippen MR) is 232 cm³/mol. The van der Waals surface area contributed by atoms with Crippen molar-refractivity contribution in [1.29, 1.82) is 0 Å². The van der Waals surface area contributed by atoms with Gasteiger partial charge in [-0.2, -0.15) is 4.98 Å². The molecule has 0 bridgehead atoms. The summed E-state index contributed by atoms with van der Waals surface area (Å²) in [6.07, 6.45) is 5.16. The van der Waals surface area contributed by atoms with Gasteiger partial charge in [-0.05, 0) is 66.2 Å². The molecule has 3 aliphatic rings. The van der Waals surface area contributed by atoms with Crippen molar-refractivity contribution in [3.05, 3.63) is 118 Å². The van der Waals surface area contributed by atoms with Gasteiger partial charge < -0.3 is 39.6 Å². The molecule has 7 heterocycles. The summed E-state index contributed by atoms with van der Waals surface area (Å²) in [5.41, 5.74) is 5.15. The van der Waals surface area contributed by atoms with Crippen LogP contribution in [0.2, 0.25) is 0 Å². The van der Waals surface area contributed by atoms with E-state index in [-0.39, 0.29) is 42.3 Å². The summed E-state index contributed by atoms with van der Waals surface area (Å²) in [7, 11) is 0. The second kappa shape index (κ2) is 17.2. The lowest BCUT2D eigenvalue weighted by Gasteiger charge is -2.39. The number of carbonyl (C=O) groups is 4. The number of benzene rings is 2. The maximum Gasteiger partial charge on any atom is 0.246 e. The first-order valence-corrected chi connectivity index (χ1v) is 20.8. The van der Waals surface area contributed by atoms with Crippen LogP contribution in [0.15, 0.2) is 107 Å². The van der Waals surface area contributed by atoms with Gasteiger partial charge in [-0.3, -0.25) is 19.2 Å². The van der Waals surface area contributed by atoms with E-state index < -0.39 is 0 Å². The third-order valence-electron chi connectivity index (χ3n) is 10.7. The van der Waals surface area contributed by atoms with E-state index in [4.69, 9.17) is 9.72 Å². The van der Waals surface area contributed by atoms with Crippen molar-refractivity contribution in [3.8, 4) is 11.8 Å². The van der Waals surface area contributed by atoms with Crippen LogP contribution in [-0.2, 0) is 45.2 Å². The van der Waals surface area contributed by atoms with E-state index in [2.05, 4.69) is 82.7 Å². The van der Waals surface area contributed by atoms with Gasteiger partial charge in [-0.15, -0.1) is 0 Å². The number of nitrogens with zero attached hydrogens (tertiary/aromatic N) is 6. The normalized spacial score (nSPS) is 15.1. The standard InChI is InChI=1S/C24H20BrN5O3.C19H21BrN4O2/c1-2-23(32)29-12-16(13-29)27-20(31)14-30-19-8-6-15(25)11-18(19)17-7-9-22(28-24(17)30)33-21-5-3-4-10-26-21;1-2-19(26)23-9-13(10-23)22-18(25)11-24-16-4-3-12(20)7-14(16)15-8-21-6-5-17(15)24/h2-11,16H,1,12-14H2,(H,27,31);2-4,7,13,21H,1,5-6,8-11H2,(H,22,25). The summed E-state index contributed by atoms with van der Waals surface area (Å²) in [4.78, 5) is 60.7. The SMILES string of the molecule is C=CC(=O)N1CC(NC(=O)Cn2c3c(c4cc(Br)ccc42)CNCC3)C1.C=CC(=O)N1CC(NC(=O)Cn2c3ccc(Br)cc3c3ccc(Oc4ccccn4)nc32)C1. The molecule has 4 amide bonds. The lowest BCUT2D eigenvalue weighted by Crippen LogP contribution is -2.61. The van der Waals surface area contributed by atoms with Crippen molar-refractivity contribution < 1.29 is 23.9 Å². The number of fused-ring (bicyclic) bond motifs is 6. The molecule has 14 nitrogen and oxygen atoms in total. The van der Waals surface area contributed by atoms with E-state index >= 15 is 0 Å². The molecular formula is C43H41Br2N9O5. The Labute approximate surface area is 356 Å². The zero-order valence-electron chi connectivity index (χ0n) is 32.0. The van der Waals surface area contributed by atoms with Gasteiger partial charge >= 0.3 is 0 Å². The van der Waals surface area contributed by atoms with Crippen LogP contribution >= 0.6 is 31.9 Å². The van der Waals surface area contributed by atoms with Crippen LogP contribution < -0.4 is 20.7 Å². The molecule has 16 heteroatoms. The van der Waals surface area contributed by atoms with E-state index in [1.165, 1.54) is 28.8 Å². The smallest absolute Gasteiger partial charge is 0.246 e. The molecule has 0 unspecified atom stereocenters. The molecular weight excluding hydrogens is 882 g/mol. The maximum atomic E-state index is 12.9. The Morgan fingerprint density at radius 2 is 1.37 bits per heavy atom. The summed E-state index contributed by atoms with van der Waals surface area (Å²) in [6, 6.07) is 21.2. The van der Waals surface area contributed by atoms with E-state index in [1.54, 1.807) is 28.1 Å². The van der Waals surface area contributed by atoms with Gasteiger partial charge in [-0.1, -0.05) is 51.1 Å². The first-order chi connectivity index (χ1) is 28.6. The van der Waals surface area contributed by atoms with E-state index in [0.717, 1.165) is 50.3 Å². The Morgan fingerprint density at radius 3 is 1.98 bits per heavy atom. The van der Waals surface area contributed by atoms with Crippen molar-refractivity contribution >= 4 is 88.3 Å². The van der Waals surface area contributed by atoms with Crippen LogP contribution in [-0.4, -0.2) is 97.3 Å². The van der Waals surface area contributed by atoms with Crippen molar-refractivity contribution in [2.45, 2.75) is 38.1 Å². The van der Waals surface area contributed by atoms with Gasteiger partial charge in [0.25, 0.3) is 0 Å². The number of hydrogen-bond acceptors (Lipinski definition) is 8. The molecule has 3 N–H and O–H groups in total. The molecule has 0 spiro atoms. The van der Waals surface area contributed by atoms with Crippen molar-refractivity contribution in [2.24, 2.45) is 0 Å². The van der Waals surface area contributed by atoms with Gasteiger partial charge in [0.05, 0.1) is 17.6 Å². The molecule has 2 saturated heterocycles. The number of carbonyl (C=O) groups excluding carboxylic acids is 4. The number of amides is 4. The van der Waals surface area contributed by atoms with Crippen LogP contribution in [0, 0.1) is 0 Å². The zero-order chi connectivity index (χ0) is 41.2. The number of rotatable bonds is 10. The summed E-state index contributed by atoms with van der Waals surface area (Å²) in [6.45, 7) is 11.2. The van der Waals surface area contributed by atoms with Gasteiger partial charge in [0.1, 0.15) is 18.7 Å². The largest absolute Gasteiger partial charge is 0.421 e. The van der Waals surface area contributed by atoms with Crippen LogP contribution in [0.3, 0.4) is 0 Å². The fourth-order valence-electron chi connectivity index (χ4n) is 7.78. The number of halogens is 2. The maximum absolute atomic E-state index is 12.9. The number of pyridine rings is 2. The Morgan fingerprint density at radius 1 is 0.763 bits per heavy atom. The topological polar surface area (TPSA) is 156 Å². The average molecular weight is 924 g/mol. The Bertz CT molecular complexity index is 2630. The minimum Gasteiger partial charge on any atom is -0.421 e. The number of ether oxygens (including phenoxy) is 1. The minimum absolute atomic E-state index is 0.0122. The van der Waals surface area contributed by atoms with Crippen LogP contribution in [0.1, 0.15) is 11.3 Å². The fourth-order valence-corrected chi connectivity index (χ4v) is 8.50. The molecule has 2 fully saturated rings. The zero-order valence-corrected chi connectivity index (χ0v) is 35.2. The molecule has 302 valence electrons. The van der Waals surface area contributed by atoms with Crippen molar-refractivity contribution in [1.82, 2.24) is 44.9 Å². The van der Waals surface area contributed by atoms with Gasteiger partial charge in [0.2, 0.25) is 35.4 Å². The predicted octanol–water partition coefficient (Wildman–Crippen LogP) is 5.21. The molecule has 3 aliphatic heterocycles. The highest BCUT2D eigenvalue weighted by atomic mass is 79.9. The minimum atomic E-state index is -0.148. The molecule has 0 radical (unpaired) electrons. The Kier molecular flexibility index (Phi) is 11.6. The summed E-state index contributed by atoms with van der Waals surface area (Å²) in [5, 5.41) is 12.5. The summed E-state index contributed by atoms with van der Waals surface area (Å²) < 4.78 is 11.8. The van der Waals surface area contributed by atoms with E-state index in [0.29, 0.717) is 50.1 Å². The Hall–Kier alpha value is -5.84. The summed E-state index contributed by atoms with van der Waals surface area (Å²) >= 11 is 7.07. The highest BCUT2D eigenvalue weighted by Crippen LogP contribution is 2.33. The molecule has 0 atom stereocenters. The number of hydrogen-bond donors (Lipinski definition) is 3. The molecule has 4 aromatic heterocycles. The molecule has 9 rings (SSSR count). The second-order valence-electron chi connectivity index (χ2n) is 14.6. The van der Waals surface area contributed by atoms with E-state index in [9.17, 15) is 19.2 Å². The molecule has 0 aliphatic carbocycles. The lowest BCUT2D eigenvalue weighted by atomic mass is 10.1. The number of likely N-dealkylation sites (tertiary alicyclic amines) is 2. The molecule has 2 aromatic carbocycles. The van der Waals surface area contributed by atoms with Gasteiger partial charge in [0, 0.05) is 100 Å². The van der Waals surface area contributed by atoms with Crippen molar-refractivity contribution in [2.75, 3.05) is 32.7 Å². The first kappa shape index (κ1) is 40.0. The summed E-state index contributed by atoms with van der Waals surface area (Å²) in [5.74, 6) is 0.461. The first-order valence-electron chi connectivity index (χ1n) is 19.2. The number of nitrogens with one attached hydrogen (secondary N) is 3. The molecule has 59 heavy (non-hydrogen) atoms. The van der Waals surface area contributed by atoms with E-state index in [1.807, 2.05) is 47.0 Å². The highest BCUT2D eigenvalue weighted by Gasteiger charge is 2.32. The lowest BCUT2D eigenvalue weighted by molar-refractivity contribution is -0.133. The third kappa shape index (κ3) is 8.51. The molecule has 0 saturated carbocycles. The third-order valence-corrected chi connectivity index (χ3v) is 11.6. The second-order valence-corrected chi connectivity index (χ2v) is 16.4. The molecule has 6 aromatic rings. The average Bonchev–Trinajstić information content (AvgIpc) is 3.67. The van der Waals surface area contributed by atoms with Crippen molar-refractivity contribution in [3.63, 3.8) is 0 Å². The highest BCUT2D eigenvalue weighted by molar-refractivity contribution is 9.10. The van der Waals surface area contributed by atoms with Gasteiger partial charge in [-0.25, -0.2) is 4.98 Å². The van der Waals surface area contributed by atoms with Crippen LogP contribution in [0.25, 0.3) is 32.8 Å². The van der Waals surface area contributed by atoms with Crippen LogP contribution in [0.5, 0.6) is 11.8 Å². The number of aromatic nitrogens is 4. The van der Waals surface area contributed by atoms with Gasteiger partial charge in [0.15, 0.2) is 0 Å². The fraction of sp³-hybridized carbons (Fsp3) is 0.256. The Balaban J connectivity index is 0.000000169.